The Morgan fingerprint density at radius 1 is 1.05 bits per heavy atom. The molecular weight excluding hydrogens is 576 g/mol. The minimum atomic E-state index is -0.200. The van der Waals surface area contributed by atoms with E-state index in [4.69, 9.17) is 21.3 Å². The molecule has 3 aliphatic rings. The zero-order valence-corrected chi connectivity index (χ0v) is 26.5. The van der Waals surface area contributed by atoms with E-state index in [9.17, 15) is 9.59 Å². The predicted octanol–water partition coefficient (Wildman–Crippen LogP) is 4.79. The molecule has 4 heterocycles. The van der Waals surface area contributed by atoms with Crippen LogP contribution in [0.5, 0.6) is 5.88 Å². The maximum Gasteiger partial charge on any atom is 0.272 e. The van der Waals surface area contributed by atoms with Crippen LogP contribution in [0.25, 0.3) is 11.3 Å². The van der Waals surface area contributed by atoms with Gasteiger partial charge in [-0.1, -0.05) is 30.7 Å². The van der Waals surface area contributed by atoms with Gasteiger partial charge < -0.3 is 24.8 Å². The molecule has 44 heavy (non-hydrogen) atoms. The zero-order chi connectivity index (χ0) is 30.8. The van der Waals surface area contributed by atoms with Gasteiger partial charge in [0.25, 0.3) is 5.91 Å². The number of piperazine rings is 1. The second-order valence-electron chi connectivity index (χ2n) is 12.0. The maximum absolute atomic E-state index is 13.9. The highest BCUT2D eigenvalue weighted by Gasteiger charge is 2.38. The molecule has 2 aromatic heterocycles. The minimum Gasteiger partial charge on any atom is -0.477 e. The van der Waals surface area contributed by atoms with Crippen LogP contribution in [0.2, 0.25) is 5.02 Å². The fourth-order valence-corrected chi connectivity index (χ4v) is 7.29. The molecule has 2 fully saturated rings. The van der Waals surface area contributed by atoms with E-state index in [1.807, 2.05) is 48.2 Å². The normalized spacial score (nSPS) is 21.8. The first kappa shape index (κ1) is 30.3. The van der Waals surface area contributed by atoms with Gasteiger partial charge in [-0.3, -0.25) is 9.59 Å². The molecule has 3 aromatic rings. The number of nitrogens with zero attached hydrogens (tertiary/aromatic N) is 5. The van der Waals surface area contributed by atoms with Gasteiger partial charge in [-0.05, 0) is 87.7 Å². The molecule has 232 valence electrons. The third-order valence-corrected chi connectivity index (χ3v) is 9.54. The first-order valence-electron chi connectivity index (χ1n) is 15.8. The third kappa shape index (κ3) is 6.00. The molecule has 3 atom stereocenters. The van der Waals surface area contributed by atoms with Crippen molar-refractivity contribution in [1.82, 2.24) is 25.1 Å². The van der Waals surface area contributed by atoms with E-state index >= 15 is 0 Å². The molecule has 9 nitrogen and oxygen atoms in total. The average molecular weight is 617 g/mol. The van der Waals surface area contributed by atoms with Crippen molar-refractivity contribution in [3.63, 3.8) is 0 Å². The van der Waals surface area contributed by atoms with Crippen LogP contribution < -0.4 is 15.0 Å². The second kappa shape index (κ2) is 13.1. The number of nitrogens with one attached hydrogen (secondary N) is 1. The lowest BCUT2D eigenvalue weighted by Gasteiger charge is -2.43. The summed E-state index contributed by atoms with van der Waals surface area (Å²) in [6, 6.07) is 13.7. The highest BCUT2D eigenvalue weighted by atomic mass is 35.5. The number of likely N-dealkylation sites (tertiary alicyclic amines) is 1. The zero-order valence-electron chi connectivity index (χ0n) is 25.8. The van der Waals surface area contributed by atoms with Crippen LogP contribution in [-0.2, 0) is 11.2 Å². The first-order valence-corrected chi connectivity index (χ1v) is 16.2. The van der Waals surface area contributed by atoms with Crippen molar-refractivity contribution in [3.05, 3.63) is 70.5 Å². The number of hydrogen-bond donors (Lipinski definition) is 1. The van der Waals surface area contributed by atoms with Crippen molar-refractivity contribution in [2.45, 2.75) is 57.5 Å². The number of rotatable bonds is 8. The van der Waals surface area contributed by atoms with Crippen LogP contribution in [0.1, 0.15) is 60.6 Å². The fourth-order valence-electron chi connectivity index (χ4n) is 6.97. The van der Waals surface area contributed by atoms with Crippen LogP contribution in [0.4, 0.5) is 5.69 Å². The Labute approximate surface area is 264 Å². The molecule has 1 N–H and O–H groups in total. The van der Waals surface area contributed by atoms with Crippen LogP contribution >= 0.6 is 11.6 Å². The number of pyridine rings is 2. The second-order valence-corrected chi connectivity index (χ2v) is 12.4. The van der Waals surface area contributed by atoms with Crippen molar-refractivity contribution >= 4 is 29.1 Å². The summed E-state index contributed by atoms with van der Waals surface area (Å²) in [7, 11) is 2.07. The number of carbonyl (C=O) groups excluding carboxylic acids is 2. The smallest absolute Gasteiger partial charge is 0.272 e. The third-order valence-electron chi connectivity index (χ3n) is 9.21. The lowest BCUT2D eigenvalue weighted by Crippen LogP contribution is -2.56. The molecule has 0 radical (unpaired) electrons. The van der Waals surface area contributed by atoms with Gasteiger partial charge in [-0.25, -0.2) is 9.97 Å². The summed E-state index contributed by atoms with van der Waals surface area (Å²) >= 11 is 6.57. The van der Waals surface area contributed by atoms with Gasteiger partial charge in [0.05, 0.1) is 29.5 Å². The Balaban J connectivity index is 1.29. The van der Waals surface area contributed by atoms with E-state index in [2.05, 4.69) is 40.1 Å². The van der Waals surface area contributed by atoms with Crippen molar-refractivity contribution in [1.29, 1.82) is 0 Å². The summed E-state index contributed by atoms with van der Waals surface area (Å²) in [5.41, 5.74) is 4.72. The molecule has 0 spiro atoms. The van der Waals surface area contributed by atoms with Gasteiger partial charge in [0.1, 0.15) is 0 Å². The number of aryl methyl sites for hydroxylation is 1. The van der Waals surface area contributed by atoms with Crippen LogP contribution in [0, 0.1) is 0 Å². The largest absolute Gasteiger partial charge is 0.477 e. The van der Waals surface area contributed by atoms with E-state index in [0.29, 0.717) is 48.5 Å². The van der Waals surface area contributed by atoms with Crippen molar-refractivity contribution in [2.75, 3.05) is 51.3 Å². The average Bonchev–Trinajstić information content (AvgIpc) is 3.67. The molecule has 0 saturated carbocycles. The number of benzene rings is 1. The van der Waals surface area contributed by atoms with Crippen molar-refractivity contribution in [3.8, 4) is 17.1 Å². The highest BCUT2D eigenvalue weighted by molar-refractivity contribution is 6.31. The van der Waals surface area contributed by atoms with Crippen LogP contribution in [0.15, 0.2) is 48.7 Å². The molecule has 2 amide bonds. The SMILES string of the molecule is CCOc1ncccc1-c1ccc(N2CCN(C(=O)C3CCc4cccc(Cl)c43)C[C@H]2CC)c(C(=O)N[C@@H]2CCN(C)C2)n1. The number of carbonyl (C=O) groups is 2. The summed E-state index contributed by atoms with van der Waals surface area (Å²) < 4.78 is 5.78. The van der Waals surface area contributed by atoms with Gasteiger partial charge in [-0.15, -0.1) is 0 Å². The number of amides is 2. The number of ether oxygens (including phenoxy) is 1. The van der Waals surface area contributed by atoms with Crippen molar-refractivity contribution < 1.29 is 14.3 Å². The summed E-state index contributed by atoms with van der Waals surface area (Å²) in [6.07, 6.45) is 5.08. The first-order chi connectivity index (χ1) is 21.4. The monoisotopic (exact) mass is 616 g/mol. The molecule has 10 heteroatoms. The lowest BCUT2D eigenvalue weighted by atomic mass is 9.98. The summed E-state index contributed by atoms with van der Waals surface area (Å²) in [5, 5.41) is 3.92. The quantitative estimate of drug-likeness (QED) is 0.389. The van der Waals surface area contributed by atoms with Gasteiger partial charge in [-0.2, -0.15) is 0 Å². The number of halogens is 1. The van der Waals surface area contributed by atoms with E-state index in [0.717, 1.165) is 55.6 Å². The molecule has 2 aliphatic heterocycles. The Morgan fingerprint density at radius 3 is 2.68 bits per heavy atom. The van der Waals surface area contributed by atoms with Crippen LogP contribution in [0.3, 0.4) is 0 Å². The fraction of sp³-hybridized carbons (Fsp3) is 0.471. The summed E-state index contributed by atoms with van der Waals surface area (Å²) in [4.78, 5) is 43.6. The van der Waals surface area contributed by atoms with E-state index < -0.39 is 0 Å². The summed E-state index contributed by atoms with van der Waals surface area (Å²) in [6.45, 7) is 8.04. The van der Waals surface area contributed by atoms with Crippen molar-refractivity contribution in [2.24, 2.45) is 0 Å². The standard InChI is InChI=1S/C34H41ClN6O3/c1-4-24-21-40(34(43)26-12-11-22-8-6-10-27(35)30(22)26)18-19-41(24)29-14-13-28(25-9-7-16-36-33(25)44-5-2)38-31(29)32(42)37-23-15-17-39(3)20-23/h6-10,13-14,16,23-24,26H,4-5,11-12,15,17-21H2,1-3H3,(H,37,42)/t23-,24-,26?/m1/s1. The lowest BCUT2D eigenvalue weighted by molar-refractivity contribution is -0.133. The Hall–Kier alpha value is -3.69. The molecule has 0 bridgehead atoms. The molecule has 2 saturated heterocycles. The summed E-state index contributed by atoms with van der Waals surface area (Å²) in [5.74, 6) is 0.251. The van der Waals surface area contributed by atoms with E-state index in [-0.39, 0.29) is 29.8 Å². The number of anilines is 1. The minimum absolute atomic E-state index is 0.0361. The van der Waals surface area contributed by atoms with Gasteiger partial charge >= 0.3 is 0 Å². The number of aromatic nitrogens is 2. The van der Waals surface area contributed by atoms with Gasteiger partial charge in [0.2, 0.25) is 11.8 Å². The number of fused-ring (bicyclic) bond motifs is 1. The Kier molecular flexibility index (Phi) is 9.05. The van der Waals surface area contributed by atoms with E-state index in [1.165, 1.54) is 5.56 Å². The van der Waals surface area contributed by atoms with E-state index in [1.54, 1.807) is 6.20 Å². The topological polar surface area (TPSA) is 90.9 Å². The molecule has 6 rings (SSSR count). The van der Waals surface area contributed by atoms with Gasteiger partial charge in [0, 0.05) is 49.5 Å². The molecule has 1 aromatic carbocycles. The number of hydrogen-bond acceptors (Lipinski definition) is 7. The number of likely N-dealkylation sites (N-methyl/N-ethyl adjacent to an activating group) is 1. The Morgan fingerprint density at radius 2 is 1.91 bits per heavy atom. The molecular formula is C34H41ClN6O3. The molecule has 1 aliphatic carbocycles. The predicted molar refractivity (Wildman–Crippen MR) is 173 cm³/mol. The van der Waals surface area contributed by atoms with Gasteiger partial charge in [0.15, 0.2) is 5.69 Å². The Bertz CT molecular complexity index is 1530. The highest BCUT2D eigenvalue weighted by Crippen LogP contribution is 2.40. The van der Waals surface area contributed by atoms with Crippen LogP contribution in [-0.4, -0.2) is 90.0 Å². The molecule has 1 unspecified atom stereocenters. The maximum atomic E-state index is 13.9.